The molecule has 2 heterocycles. The van der Waals surface area contributed by atoms with Crippen LogP contribution in [0, 0.1) is 16.7 Å². The Labute approximate surface area is 138 Å². The normalized spacial score (nSPS) is 23.3. The molecule has 0 bridgehead atoms. The average molecular weight is 317 g/mol. The summed E-state index contributed by atoms with van der Waals surface area (Å²) in [4.78, 5) is 8.27. The van der Waals surface area contributed by atoms with Crippen LogP contribution in [0.4, 0.5) is 0 Å². The lowest BCUT2D eigenvalue weighted by atomic mass is 9.93. The van der Waals surface area contributed by atoms with E-state index in [1.54, 1.807) is 16.9 Å². The van der Waals surface area contributed by atoms with E-state index >= 15 is 0 Å². The van der Waals surface area contributed by atoms with Crippen molar-refractivity contribution in [2.24, 2.45) is 5.41 Å². The first-order chi connectivity index (χ1) is 11.7. The van der Waals surface area contributed by atoms with Crippen molar-refractivity contribution in [1.29, 1.82) is 5.26 Å². The number of rotatable bonds is 3. The fourth-order valence-corrected chi connectivity index (χ4v) is 3.90. The SMILES string of the molecule is N#C[C@@]1(c2ccc3cnn(-c4cc(CO)ncn4)c3c2)CC12CC2. The first-order valence-corrected chi connectivity index (χ1v) is 8.03. The van der Waals surface area contributed by atoms with Gasteiger partial charge in [-0.15, -0.1) is 0 Å². The van der Waals surface area contributed by atoms with E-state index in [0.717, 1.165) is 35.7 Å². The van der Waals surface area contributed by atoms with Crippen LogP contribution in [0.15, 0.2) is 36.8 Å². The summed E-state index contributed by atoms with van der Waals surface area (Å²) < 4.78 is 1.74. The minimum absolute atomic E-state index is 0.139. The molecule has 1 N–H and O–H groups in total. The quantitative estimate of drug-likeness (QED) is 0.800. The van der Waals surface area contributed by atoms with Gasteiger partial charge in [-0.25, -0.2) is 14.6 Å². The Morgan fingerprint density at radius 2 is 2.12 bits per heavy atom. The van der Waals surface area contributed by atoms with E-state index in [1.165, 1.54) is 6.33 Å². The maximum Gasteiger partial charge on any atom is 0.157 e. The molecule has 0 amide bonds. The lowest BCUT2D eigenvalue weighted by Gasteiger charge is -2.10. The number of benzene rings is 1. The van der Waals surface area contributed by atoms with Gasteiger partial charge in [0.2, 0.25) is 0 Å². The second-order valence-corrected chi connectivity index (χ2v) is 6.83. The first kappa shape index (κ1) is 13.6. The second-order valence-electron chi connectivity index (χ2n) is 6.83. The van der Waals surface area contributed by atoms with E-state index < -0.39 is 0 Å². The Morgan fingerprint density at radius 3 is 2.83 bits per heavy atom. The van der Waals surface area contributed by atoms with E-state index in [2.05, 4.69) is 33.3 Å². The highest BCUT2D eigenvalue weighted by Gasteiger charge is 2.75. The number of hydrogen-bond donors (Lipinski definition) is 1. The van der Waals surface area contributed by atoms with E-state index in [0.29, 0.717) is 11.5 Å². The predicted octanol–water partition coefficient (Wildman–Crippen LogP) is 2.25. The number of aliphatic hydroxyl groups excluding tert-OH is 1. The van der Waals surface area contributed by atoms with Crippen molar-refractivity contribution < 1.29 is 5.11 Å². The molecule has 6 nitrogen and oxygen atoms in total. The average Bonchev–Trinajstić information content (AvgIpc) is 3.51. The van der Waals surface area contributed by atoms with E-state index in [9.17, 15) is 10.4 Å². The van der Waals surface area contributed by atoms with Crippen molar-refractivity contribution in [2.45, 2.75) is 31.3 Å². The van der Waals surface area contributed by atoms with Crippen molar-refractivity contribution in [1.82, 2.24) is 19.7 Å². The molecule has 2 aliphatic carbocycles. The monoisotopic (exact) mass is 317 g/mol. The zero-order chi connectivity index (χ0) is 16.4. The number of aliphatic hydroxyl groups is 1. The second kappa shape index (κ2) is 4.40. The molecular weight excluding hydrogens is 302 g/mol. The molecule has 118 valence electrons. The number of fused-ring (bicyclic) bond motifs is 1. The molecule has 1 atom stereocenters. The number of nitrogens with zero attached hydrogens (tertiary/aromatic N) is 5. The summed E-state index contributed by atoms with van der Waals surface area (Å²) in [6.07, 6.45) is 6.50. The summed E-state index contributed by atoms with van der Waals surface area (Å²) in [5, 5.41) is 24.4. The lowest BCUT2D eigenvalue weighted by molar-refractivity contribution is 0.276. The first-order valence-electron chi connectivity index (χ1n) is 8.03. The minimum atomic E-state index is -0.321. The molecule has 3 aromatic rings. The van der Waals surface area contributed by atoms with Gasteiger partial charge in [-0.2, -0.15) is 10.4 Å². The molecule has 5 rings (SSSR count). The van der Waals surface area contributed by atoms with Crippen LogP contribution in [0.3, 0.4) is 0 Å². The third kappa shape index (κ3) is 1.65. The molecule has 2 aromatic heterocycles. The van der Waals surface area contributed by atoms with Crippen LogP contribution in [0.25, 0.3) is 16.7 Å². The molecule has 2 aliphatic rings. The number of nitriles is 1. The van der Waals surface area contributed by atoms with Crippen LogP contribution in [0.1, 0.15) is 30.5 Å². The third-order valence-corrected chi connectivity index (χ3v) is 5.58. The van der Waals surface area contributed by atoms with Crippen LogP contribution < -0.4 is 0 Å². The highest BCUT2D eigenvalue weighted by atomic mass is 16.3. The van der Waals surface area contributed by atoms with Crippen molar-refractivity contribution in [3.8, 4) is 11.9 Å². The smallest absolute Gasteiger partial charge is 0.157 e. The summed E-state index contributed by atoms with van der Waals surface area (Å²) in [7, 11) is 0. The highest BCUT2D eigenvalue weighted by Crippen LogP contribution is 2.78. The zero-order valence-corrected chi connectivity index (χ0v) is 13.0. The molecule has 2 saturated carbocycles. The summed E-state index contributed by atoms with van der Waals surface area (Å²) >= 11 is 0. The summed E-state index contributed by atoms with van der Waals surface area (Å²) in [5.41, 5.74) is 2.46. The standard InChI is InChI=1S/C18H15N5O/c19-10-18(9-17(18)3-4-17)13-2-1-12-7-22-23(15(12)5-13)16-6-14(8-24)20-11-21-16/h1-2,5-7,11,24H,3-4,8-9H2/t18-/m1/s1. The van der Waals surface area contributed by atoms with Crippen LogP contribution in [-0.4, -0.2) is 24.9 Å². The maximum absolute atomic E-state index is 9.74. The Bertz CT molecular complexity index is 1010. The molecular formula is C18H15N5O. The maximum atomic E-state index is 9.74. The Morgan fingerprint density at radius 1 is 1.25 bits per heavy atom. The van der Waals surface area contributed by atoms with Crippen LogP contribution in [-0.2, 0) is 12.0 Å². The van der Waals surface area contributed by atoms with Crippen molar-refractivity contribution >= 4 is 10.9 Å². The number of aromatic nitrogens is 4. The molecule has 0 aliphatic heterocycles. The van der Waals surface area contributed by atoms with Gasteiger partial charge in [0.15, 0.2) is 5.82 Å². The van der Waals surface area contributed by atoms with Gasteiger partial charge in [0.25, 0.3) is 0 Å². The Kier molecular flexibility index (Phi) is 2.50. The molecule has 2 fully saturated rings. The minimum Gasteiger partial charge on any atom is -0.390 e. The topological polar surface area (TPSA) is 87.6 Å². The van der Waals surface area contributed by atoms with Gasteiger partial charge in [0.1, 0.15) is 6.33 Å². The van der Waals surface area contributed by atoms with Gasteiger partial charge >= 0.3 is 0 Å². The Hall–Kier alpha value is -2.78. The molecule has 6 heteroatoms. The van der Waals surface area contributed by atoms with E-state index in [1.807, 2.05) is 6.07 Å². The van der Waals surface area contributed by atoms with Gasteiger partial charge in [0.05, 0.1) is 35.5 Å². The fourth-order valence-electron chi connectivity index (χ4n) is 3.90. The highest BCUT2D eigenvalue weighted by molar-refractivity contribution is 5.81. The van der Waals surface area contributed by atoms with Gasteiger partial charge < -0.3 is 5.11 Å². The lowest BCUT2D eigenvalue weighted by Crippen LogP contribution is -2.08. The number of hydrogen-bond acceptors (Lipinski definition) is 5. The third-order valence-electron chi connectivity index (χ3n) is 5.58. The fraction of sp³-hybridized carbons (Fsp3) is 0.333. The van der Waals surface area contributed by atoms with E-state index in [-0.39, 0.29) is 17.4 Å². The van der Waals surface area contributed by atoms with E-state index in [4.69, 9.17) is 0 Å². The van der Waals surface area contributed by atoms with Crippen molar-refractivity contribution in [3.05, 3.63) is 48.0 Å². The zero-order valence-electron chi connectivity index (χ0n) is 13.0. The van der Waals surface area contributed by atoms with Gasteiger partial charge in [0, 0.05) is 11.5 Å². The molecule has 0 saturated heterocycles. The largest absolute Gasteiger partial charge is 0.390 e. The van der Waals surface area contributed by atoms with Gasteiger partial charge in [-0.1, -0.05) is 12.1 Å². The van der Waals surface area contributed by atoms with Crippen LogP contribution in [0.2, 0.25) is 0 Å². The summed E-state index contributed by atoms with van der Waals surface area (Å²) in [6, 6.07) is 10.4. The summed E-state index contributed by atoms with van der Waals surface area (Å²) in [6.45, 7) is -0.139. The molecule has 1 aromatic carbocycles. The van der Waals surface area contributed by atoms with Gasteiger partial charge in [-0.05, 0) is 36.3 Å². The molecule has 1 spiro atoms. The molecule has 0 unspecified atom stereocenters. The predicted molar refractivity (Wildman–Crippen MR) is 86.2 cm³/mol. The van der Waals surface area contributed by atoms with Gasteiger partial charge in [-0.3, -0.25) is 0 Å². The Balaban J connectivity index is 1.66. The van der Waals surface area contributed by atoms with Crippen molar-refractivity contribution in [2.75, 3.05) is 0 Å². The molecule has 0 radical (unpaired) electrons. The summed E-state index contributed by atoms with van der Waals surface area (Å²) in [5.74, 6) is 0.615. The van der Waals surface area contributed by atoms with Crippen molar-refractivity contribution in [3.63, 3.8) is 0 Å². The van der Waals surface area contributed by atoms with Crippen LogP contribution >= 0.6 is 0 Å². The van der Waals surface area contributed by atoms with Crippen LogP contribution in [0.5, 0.6) is 0 Å². The molecule has 24 heavy (non-hydrogen) atoms.